The molecule has 4 N–H and O–H groups in total. The number of carboxylic acids is 1. The van der Waals surface area contributed by atoms with Gasteiger partial charge in [-0.2, -0.15) is 13.2 Å². The lowest BCUT2D eigenvalue weighted by atomic mass is 10.1. The fourth-order valence-electron chi connectivity index (χ4n) is 2.75. The second kappa shape index (κ2) is 6.43. The number of hydrogen-bond acceptors (Lipinski definition) is 4. The molecule has 8 nitrogen and oxygen atoms in total. The van der Waals surface area contributed by atoms with E-state index in [9.17, 15) is 27.6 Å². The molecule has 0 aliphatic carbocycles. The quantitative estimate of drug-likeness (QED) is 0.582. The summed E-state index contributed by atoms with van der Waals surface area (Å²) in [5.74, 6) is -1.42. The van der Waals surface area contributed by atoms with Gasteiger partial charge in [-0.15, -0.1) is 0 Å². The molecular weight excluding hydrogens is 369 g/mol. The first-order chi connectivity index (χ1) is 12.6. The third kappa shape index (κ3) is 3.36. The second-order valence-corrected chi connectivity index (χ2v) is 5.75. The number of aromatic nitrogens is 3. The van der Waals surface area contributed by atoms with Gasteiger partial charge in [0.05, 0.1) is 22.3 Å². The Labute approximate surface area is 148 Å². The normalized spacial score (nSPS) is 11.9. The number of nitrogens with two attached hydrogens (primary N) is 1. The highest BCUT2D eigenvalue weighted by Crippen LogP contribution is 2.36. The number of aromatic amines is 1. The minimum atomic E-state index is -4.76. The minimum absolute atomic E-state index is 0.110. The van der Waals surface area contributed by atoms with Crippen LogP contribution in [0.2, 0.25) is 0 Å². The Bertz CT molecular complexity index is 1160. The van der Waals surface area contributed by atoms with Crippen LogP contribution in [0.3, 0.4) is 0 Å². The summed E-state index contributed by atoms with van der Waals surface area (Å²) < 4.78 is 42.4. The van der Waals surface area contributed by atoms with Crippen LogP contribution in [0.5, 0.6) is 0 Å². The Morgan fingerprint density at radius 3 is 2.52 bits per heavy atom. The number of halogens is 3. The van der Waals surface area contributed by atoms with Crippen LogP contribution in [0.1, 0.15) is 11.1 Å². The molecule has 2 heterocycles. The molecule has 0 spiro atoms. The Morgan fingerprint density at radius 2 is 1.96 bits per heavy atom. The van der Waals surface area contributed by atoms with E-state index in [1.54, 1.807) is 0 Å². The van der Waals surface area contributed by atoms with Crippen molar-refractivity contribution in [3.05, 3.63) is 62.4 Å². The molecule has 0 fully saturated rings. The number of alkyl halides is 3. The van der Waals surface area contributed by atoms with Gasteiger partial charge in [-0.3, -0.25) is 19.0 Å². The van der Waals surface area contributed by atoms with Crippen molar-refractivity contribution in [3.63, 3.8) is 0 Å². The summed E-state index contributed by atoms with van der Waals surface area (Å²) in [7, 11) is 0. The Kier molecular flexibility index (Phi) is 4.39. The number of H-pyrrole nitrogens is 1. The van der Waals surface area contributed by atoms with Crippen LogP contribution in [0.25, 0.3) is 16.7 Å². The SMILES string of the molecule is NCc1ccn(-c2cc3c(cc2C(F)(F)F)[nH]c(=O)c(=O)n3CC(=O)O)c1. The number of carboxylic acid groups (broad SMARTS) is 1. The van der Waals surface area contributed by atoms with Crippen LogP contribution in [0.15, 0.2) is 40.2 Å². The van der Waals surface area contributed by atoms with E-state index < -0.39 is 35.4 Å². The van der Waals surface area contributed by atoms with Crippen LogP contribution in [0.4, 0.5) is 13.2 Å². The Hall–Kier alpha value is -3.34. The van der Waals surface area contributed by atoms with Crippen LogP contribution < -0.4 is 16.9 Å². The van der Waals surface area contributed by atoms with Crippen molar-refractivity contribution in [1.29, 1.82) is 0 Å². The predicted molar refractivity (Wildman–Crippen MR) is 88.7 cm³/mol. The van der Waals surface area contributed by atoms with Gasteiger partial charge in [0.1, 0.15) is 6.54 Å². The molecule has 0 bridgehead atoms. The van der Waals surface area contributed by atoms with E-state index in [0.717, 1.165) is 6.07 Å². The van der Waals surface area contributed by atoms with Crippen molar-refractivity contribution in [2.24, 2.45) is 5.73 Å². The van der Waals surface area contributed by atoms with Gasteiger partial charge in [0, 0.05) is 18.9 Å². The summed E-state index contributed by atoms with van der Waals surface area (Å²) in [6.45, 7) is -0.761. The molecule has 27 heavy (non-hydrogen) atoms. The molecular formula is C16H13F3N4O4. The molecule has 2 aromatic heterocycles. The summed E-state index contributed by atoms with van der Waals surface area (Å²) in [6, 6.07) is 3.21. The summed E-state index contributed by atoms with van der Waals surface area (Å²) in [5, 5.41) is 8.98. The first kappa shape index (κ1) is 18.5. The van der Waals surface area contributed by atoms with Crippen molar-refractivity contribution < 1.29 is 23.1 Å². The molecule has 0 saturated heterocycles. The fraction of sp³-hybridized carbons (Fsp3) is 0.188. The van der Waals surface area contributed by atoms with Gasteiger partial charge in [-0.1, -0.05) is 0 Å². The largest absolute Gasteiger partial charge is 0.480 e. The monoisotopic (exact) mass is 382 g/mol. The van der Waals surface area contributed by atoms with Crippen molar-refractivity contribution in [2.45, 2.75) is 19.3 Å². The van der Waals surface area contributed by atoms with Crippen molar-refractivity contribution in [3.8, 4) is 5.69 Å². The van der Waals surface area contributed by atoms with E-state index in [1.165, 1.54) is 23.0 Å². The number of nitrogens with zero attached hydrogens (tertiary/aromatic N) is 2. The summed E-state index contributed by atoms with van der Waals surface area (Å²) in [6.07, 6.45) is -2.01. The molecule has 1 aromatic carbocycles. The molecule has 142 valence electrons. The number of hydrogen-bond donors (Lipinski definition) is 3. The molecule has 0 saturated carbocycles. The molecule has 3 aromatic rings. The third-order valence-corrected chi connectivity index (χ3v) is 3.96. The molecule has 0 aliphatic rings. The maximum absolute atomic E-state index is 13.5. The zero-order valence-electron chi connectivity index (χ0n) is 13.6. The van der Waals surface area contributed by atoms with Crippen LogP contribution >= 0.6 is 0 Å². The maximum Gasteiger partial charge on any atom is 0.418 e. The molecule has 0 atom stereocenters. The van der Waals surface area contributed by atoms with Crippen molar-refractivity contribution in [1.82, 2.24) is 14.1 Å². The Morgan fingerprint density at radius 1 is 1.26 bits per heavy atom. The lowest BCUT2D eigenvalue weighted by Gasteiger charge is -2.16. The van der Waals surface area contributed by atoms with Crippen LogP contribution in [0, 0.1) is 0 Å². The highest BCUT2D eigenvalue weighted by Gasteiger charge is 2.35. The van der Waals surface area contributed by atoms with Crippen molar-refractivity contribution in [2.75, 3.05) is 0 Å². The highest BCUT2D eigenvalue weighted by molar-refractivity contribution is 5.81. The predicted octanol–water partition coefficient (Wildman–Crippen LogP) is 1.04. The van der Waals surface area contributed by atoms with E-state index in [-0.39, 0.29) is 23.3 Å². The summed E-state index contributed by atoms with van der Waals surface area (Å²) in [5.41, 5.74) is 1.83. The van der Waals surface area contributed by atoms with Gasteiger partial charge in [0.2, 0.25) is 0 Å². The zero-order valence-corrected chi connectivity index (χ0v) is 13.6. The number of fused-ring (bicyclic) bond motifs is 1. The lowest BCUT2D eigenvalue weighted by Crippen LogP contribution is -2.38. The number of benzene rings is 1. The topological polar surface area (TPSA) is 123 Å². The molecule has 0 amide bonds. The van der Waals surface area contributed by atoms with Crippen LogP contribution in [-0.4, -0.2) is 25.2 Å². The maximum atomic E-state index is 13.5. The molecule has 0 aliphatic heterocycles. The van der Waals surface area contributed by atoms with E-state index in [0.29, 0.717) is 16.2 Å². The summed E-state index contributed by atoms with van der Waals surface area (Å²) in [4.78, 5) is 36.8. The first-order valence-electron chi connectivity index (χ1n) is 7.59. The van der Waals surface area contributed by atoms with Crippen molar-refractivity contribution >= 4 is 17.0 Å². The minimum Gasteiger partial charge on any atom is -0.480 e. The van der Waals surface area contributed by atoms with Gasteiger partial charge in [0.25, 0.3) is 0 Å². The van der Waals surface area contributed by atoms with E-state index in [4.69, 9.17) is 10.8 Å². The average molecular weight is 382 g/mol. The van der Waals surface area contributed by atoms with Gasteiger partial charge >= 0.3 is 23.3 Å². The average Bonchev–Trinajstić information content (AvgIpc) is 3.06. The first-order valence-corrected chi connectivity index (χ1v) is 7.59. The second-order valence-electron chi connectivity index (χ2n) is 5.75. The summed E-state index contributed by atoms with van der Waals surface area (Å²) >= 11 is 0. The van der Waals surface area contributed by atoms with E-state index >= 15 is 0 Å². The smallest absolute Gasteiger partial charge is 0.418 e. The zero-order chi connectivity index (χ0) is 19.9. The van der Waals surface area contributed by atoms with Gasteiger partial charge < -0.3 is 20.4 Å². The van der Waals surface area contributed by atoms with E-state index in [1.807, 2.05) is 0 Å². The third-order valence-electron chi connectivity index (χ3n) is 3.96. The fourth-order valence-corrected chi connectivity index (χ4v) is 2.75. The van der Waals surface area contributed by atoms with Crippen LogP contribution in [-0.2, 0) is 24.1 Å². The van der Waals surface area contributed by atoms with Gasteiger partial charge in [0.15, 0.2) is 0 Å². The van der Waals surface area contributed by atoms with Gasteiger partial charge in [-0.25, -0.2) is 0 Å². The standard InChI is InChI=1S/C16H13F3N4O4/c17-16(18,19)9-3-10-12(4-11(9)22-2-1-8(5-20)6-22)23(7-13(24)25)15(27)14(26)21-10/h1-4,6H,5,7,20H2,(H,21,26)(H,24,25). The number of rotatable bonds is 4. The molecule has 3 rings (SSSR count). The number of aliphatic carboxylic acids is 1. The number of carbonyl (C=O) groups is 1. The van der Waals surface area contributed by atoms with E-state index in [2.05, 4.69) is 4.98 Å². The number of nitrogens with one attached hydrogen (secondary N) is 1. The lowest BCUT2D eigenvalue weighted by molar-refractivity contribution is -0.138. The molecule has 0 unspecified atom stereocenters. The molecule has 0 radical (unpaired) electrons. The Balaban J connectivity index is 2.42. The molecule has 11 heteroatoms. The van der Waals surface area contributed by atoms with Gasteiger partial charge in [-0.05, 0) is 23.8 Å². The highest BCUT2D eigenvalue weighted by atomic mass is 19.4.